The monoisotopic (exact) mass is 1070 g/mol. The summed E-state index contributed by atoms with van der Waals surface area (Å²) in [5.74, 6) is 2.30. The smallest absolute Gasteiger partial charge is 0.187 e. The maximum atomic E-state index is 13.8. The minimum absolute atomic E-state index is 0.239. The molecule has 22 heteroatoms. The topological polar surface area (TPSA) is 244 Å². The normalized spacial score (nSPS) is 13.3. The summed E-state index contributed by atoms with van der Waals surface area (Å²) in [4.78, 5) is 26.5. The van der Waals surface area contributed by atoms with Gasteiger partial charge in [-0.05, 0) is 128 Å². The number of hydrogen-bond acceptors (Lipinski definition) is 18. The second-order valence-electron chi connectivity index (χ2n) is 18.1. The van der Waals surface area contributed by atoms with E-state index in [4.69, 9.17) is 18.9 Å². The van der Waals surface area contributed by atoms with Gasteiger partial charge in [0.2, 0.25) is 0 Å². The second-order valence-corrected chi connectivity index (χ2v) is 22.9. The molecule has 0 bridgehead atoms. The van der Waals surface area contributed by atoms with Crippen molar-refractivity contribution in [2.24, 2.45) is 0 Å². The Hall–Kier alpha value is -7.40. The number of methoxy groups -OCH3 is 2. The Kier molecular flexibility index (Phi) is 18.2. The molecular weight excluding hydrogens is 1010 g/mol. The molecule has 0 spiro atoms. The Labute approximate surface area is 444 Å². The minimum atomic E-state index is -3.82. The molecular formula is C54H64N12O8S2. The van der Waals surface area contributed by atoms with Crippen molar-refractivity contribution in [2.45, 2.75) is 103 Å². The molecule has 0 radical (unpaired) electrons. The Morgan fingerprint density at radius 2 is 0.855 bits per heavy atom. The standard InChI is InChI=1S/2C27H32N6O4S/c2*1-7-37-25(26-28-14-17(2)15-29-26)20(5)38(34,35)16-23-31-32-27(21-12-9-11-19(4)30-21)33(23)24-18(3)10-8-13-22(24)36-6/h2*8-15,20,25H,7,16H2,1-6H3/t2*20-,25+/m10/s1. The van der Waals surface area contributed by atoms with Gasteiger partial charge in [0.05, 0.1) is 36.1 Å². The van der Waals surface area contributed by atoms with Crippen LogP contribution >= 0.6 is 0 Å². The number of sulfone groups is 2. The number of pyridine rings is 2. The summed E-state index contributed by atoms with van der Waals surface area (Å²) in [5, 5.41) is 15.6. The van der Waals surface area contributed by atoms with E-state index < -0.39 is 42.4 Å². The van der Waals surface area contributed by atoms with Crippen LogP contribution in [0, 0.1) is 41.5 Å². The summed E-state index contributed by atoms with van der Waals surface area (Å²) in [6.45, 7) is 18.8. The Balaban J connectivity index is 0.000000221. The summed E-state index contributed by atoms with van der Waals surface area (Å²) < 4.78 is 81.7. The van der Waals surface area contributed by atoms with Crippen LogP contribution < -0.4 is 9.47 Å². The van der Waals surface area contributed by atoms with Gasteiger partial charge in [-0.3, -0.25) is 9.13 Å². The number of ether oxygens (including phenoxy) is 4. The fraction of sp³-hybridized carbons (Fsp3) is 0.370. The maximum absolute atomic E-state index is 13.8. The highest BCUT2D eigenvalue weighted by atomic mass is 32.2. The molecule has 8 rings (SSSR count). The summed E-state index contributed by atoms with van der Waals surface area (Å²) >= 11 is 0. The third-order valence-electron chi connectivity index (χ3n) is 12.4. The lowest BCUT2D eigenvalue weighted by atomic mass is 10.1. The summed E-state index contributed by atoms with van der Waals surface area (Å²) in [6, 6.07) is 22.4. The van der Waals surface area contributed by atoms with E-state index in [2.05, 4.69) is 50.3 Å². The van der Waals surface area contributed by atoms with Crippen LogP contribution in [0.2, 0.25) is 0 Å². The van der Waals surface area contributed by atoms with E-state index in [1.165, 1.54) is 0 Å². The average molecular weight is 1070 g/mol. The van der Waals surface area contributed by atoms with Crippen molar-refractivity contribution in [3.8, 4) is 45.9 Å². The lowest BCUT2D eigenvalue weighted by Gasteiger charge is -2.23. The Morgan fingerprint density at radius 1 is 0.500 bits per heavy atom. The largest absolute Gasteiger partial charge is 0.495 e. The van der Waals surface area contributed by atoms with Crippen LogP contribution in [0.5, 0.6) is 11.5 Å². The van der Waals surface area contributed by atoms with Crippen molar-refractivity contribution in [1.82, 2.24) is 59.4 Å². The van der Waals surface area contributed by atoms with Crippen LogP contribution in [0.1, 0.15) is 96.8 Å². The van der Waals surface area contributed by atoms with Gasteiger partial charge < -0.3 is 18.9 Å². The van der Waals surface area contributed by atoms with Crippen LogP contribution in [0.4, 0.5) is 0 Å². The first-order valence-electron chi connectivity index (χ1n) is 24.6. The molecule has 4 atom stereocenters. The van der Waals surface area contributed by atoms with Crippen molar-refractivity contribution < 1.29 is 35.8 Å². The predicted octanol–water partition coefficient (Wildman–Crippen LogP) is 8.27. The summed E-state index contributed by atoms with van der Waals surface area (Å²) in [5.41, 5.74) is 7.52. The molecule has 6 heterocycles. The summed E-state index contributed by atoms with van der Waals surface area (Å²) in [7, 11) is -4.51. The number of aryl methyl sites for hydroxylation is 6. The molecule has 6 aromatic heterocycles. The molecule has 0 amide bonds. The lowest BCUT2D eigenvalue weighted by Crippen LogP contribution is -2.30. The molecule has 2 aromatic carbocycles. The molecule has 8 aromatic rings. The SMILES string of the molecule is CCO[C@@H](c1ncc(C)cn1)[C@H](C)S(=O)(=O)Cc1nnc(-c2cccc(C)n2)n1-c1c(C)cccc1OC.CCO[C@H](c1ncc(C)cn1)[C@@H](C)S(=O)(=O)Cc1nnc(-c2cccc(C)n2)n1-c1c(C)cccc1OC. The number of hydrogen-bond donors (Lipinski definition) is 0. The van der Waals surface area contributed by atoms with Crippen molar-refractivity contribution in [3.63, 3.8) is 0 Å². The van der Waals surface area contributed by atoms with Gasteiger partial charge in [0.15, 0.2) is 54.6 Å². The molecule has 0 saturated carbocycles. The highest BCUT2D eigenvalue weighted by Crippen LogP contribution is 2.36. The van der Waals surface area contributed by atoms with E-state index in [9.17, 15) is 16.8 Å². The number of aromatic nitrogens is 12. The zero-order chi connectivity index (χ0) is 54.9. The van der Waals surface area contributed by atoms with Gasteiger partial charge in [0.25, 0.3) is 0 Å². The number of benzene rings is 2. The van der Waals surface area contributed by atoms with Crippen molar-refractivity contribution in [3.05, 3.63) is 155 Å². The third-order valence-corrected chi connectivity index (χ3v) is 16.5. The van der Waals surface area contributed by atoms with E-state index >= 15 is 0 Å². The molecule has 0 fully saturated rings. The first-order chi connectivity index (χ1) is 36.3. The quantitative estimate of drug-likeness (QED) is 0.0697. The highest BCUT2D eigenvalue weighted by molar-refractivity contribution is 7.91. The second kappa shape index (κ2) is 24.5. The first-order valence-corrected chi connectivity index (χ1v) is 28.0. The number of para-hydroxylation sites is 2. The summed E-state index contributed by atoms with van der Waals surface area (Å²) in [6.07, 6.45) is 4.91. The molecule has 0 N–H and O–H groups in total. The first kappa shape index (κ1) is 56.3. The number of nitrogens with zero attached hydrogens (tertiary/aromatic N) is 12. The zero-order valence-electron chi connectivity index (χ0n) is 44.8. The molecule has 0 aliphatic rings. The highest BCUT2D eigenvalue weighted by Gasteiger charge is 2.37. The molecule has 0 unspecified atom stereocenters. The van der Waals surface area contributed by atoms with Gasteiger partial charge in [-0.1, -0.05) is 36.4 Å². The van der Waals surface area contributed by atoms with E-state index in [1.54, 1.807) is 62.0 Å². The molecule has 20 nitrogen and oxygen atoms in total. The third kappa shape index (κ3) is 12.6. The van der Waals surface area contributed by atoms with Gasteiger partial charge >= 0.3 is 0 Å². The van der Waals surface area contributed by atoms with Crippen LogP contribution in [0.25, 0.3) is 34.4 Å². The molecule has 0 saturated heterocycles. The molecule has 400 valence electrons. The molecule has 0 aliphatic carbocycles. The van der Waals surface area contributed by atoms with E-state index in [0.717, 1.165) is 33.6 Å². The lowest BCUT2D eigenvalue weighted by molar-refractivity contribution is 0.0555. The van der Waals surface area contributed by atoms with Crippen LogP contribution in [-0.2, 0) is 40.7 Å². The minimum Gasteiger partial charge on any atom is -0.495 e. The van der Waals surface area contributed by atoms with E-state index in [1.807, 2.05) is 128 Å². The zero-order valence-corrected chi connectivity index (χ0v) is 46.5. The molecule has 0 aliphatic heterocycles. The fourth-order valence-electron chi connectivity index (χ4n) is 8.42. The van der Waals surface area contributed by atoms with Crippen molar-refractivity contribution in [2.75, 3.05) is 27.4 Å². The van der Waals surface area contributed by atoms with Crippen molar-refractivity contribution >= 4 is 19.7 Å². The van der Waals surface area contributed by atoms with Gasteiger partial charge in [-0.2, -0.15) is 0 Å². The van der Waals surface area contributed by atoms with Crippen LogP contribution in [0.15, 0.2) is 97.6 Å². The van der Waals surface area contributed by atoms with Crippen LogP contribution in [0.3, 0.4) is 0 Å². The van der Waals surface area contributed by atoms with Gasteiger partial charge in [-0.25, -0.2) is 46.7 Å². The van der Waals surface area contributed by atoms with Crippen LogP contribution in [-0.4, -0.2) is 114 Å². The van der Waals surface area contributed by atoms with E-state index in [-0.39, 0.29) is 23.2 Å². The van der Waals surface area contributed by atoms with Gasteiger partial charge in [-0.15, -0.1) is 20.4 Å². The Bertz CT molecular complexity index is 3270. The molecule has 76 heavy (non-hydrogen) atoms. The maximum Gasteiger partial charge on any atom is 0.187 e. The Morgan fingerprint density at radius 3 is 1.18 bits per heavy atom. The predicted molar refractivity (Wildman–Crippen MR) is 288 cm³/mol. The number of rotatable bonds is 20. The van der Waals surface area contributed by atoms with E-state index in [0.29, 0.717) is 70.8 Å². The van der Waals surface area contributed by atoms with Gasteiger partial charge in [0, 0.05) is 49.4 Å². The van der Waals surface area contributed by atoms with Crippen molar-refractivity contribution in [1.29, 1.82) is 0 Å². The average Bonchev–Trinajstić information content (AvgIpc) is 4.02. The fourth-order valence-corrected chi connectivity index (χ4v) is 11.2. The van der Waals surface area contributed by atoms with Gasteiger partial charge in [0.1, 0.15) is 46.6 Å².